The second-order valence-electron chi connectivity index (χ2n) is 1.38. The fourth-order valence-electron chi connectivity index (χ4n) is 0.176. The maximum absolute atomic E-state index is 12.0. The molecule has 0 aliphatic heterocycles. The monoisotopic (exact) mass is 250 g/mol. The lowest BCUT2D eigenvalue weighted by molar-refractivity contribution is -0.217. The van der Waals surface area contributed by atoms with Crippen molar-refractivity contribution in [2.24, 2.45) is 0 Å². The van der Waals surface area contributed by atoms with Crippen LogP contribution in [0.5, 0.6) is 0 Å². The molecule has 0 aromatic rings. The molecule has 0 fully saturated rings. The van der Waals surface area contributed by atoms with Gasteiger partial charge in [0.2, 0.25) is 0 Å². The molecule has 0 aromatic carbocycles. The molecule has 11 heavy (non-hydrogen) atoms. The number of rotatable bonds is 2. The van der Waals surface area contributed by atoms with Gasteiger partial charge in [0.25, 0.3) is 5.63 Å². The van der Waals surface area contributed by atoms with Crippen LogP contribution < -0.4 is 0 Å². The second kappa shape index (κ2) is 4.73. The average Bonchev–Trinajstić information content (AvgIpc) is 1.88. The minimum atomic E-state index is -4.04. The molecule has 0 bridgehead atoms. The molecule has 0 rings (SSSR count). The molecule has 0 N–H and O–H groups in total. The van der Waals surface area contributed by atoms with Crippen LogP contribution in [0.15, 0.2) is 0 Å². The summed E-state index contributed by atoms with van der Waals surface area (Å²) in [4.78, 5) is 0. The van der Waals surface area contributed by atoms with Crippen molar-refractivity contribution < 1.29 is 17.9 Å². The van der Waals surface area contributed by atoms with Gasteiger partial charge in [-0.15, -0.1) is 0 Å². The molecule has 0 radical (unpaired) electrons. The molecule has 0 spiro atoms. The summed E-state index contributed by atoms with van der Waals surface area (Å²) in [6, 6.07) is 0. The van der Waals surface area contributed by atoms with Crippen LogP contribution in [0.2, 0.25) is 0 Å². The minimum absolute atomic E-state index is 0.169. The molecule has 1 unspecified atom stereocenters. The third-order valence-electron chi connectivity index (χ3n) is 0.580. The number of halogens is 5. The Balaban J connectivity index is 3.92. The summed E-state index contributed by atoms with van der Waals surface area (Å²) in [7, 11) is 0. The van der Waals surface area contributed by atoms with Crippen molar-refractivity contribution in [1.29, 1.82) is 0 Å². The summed E-state index contributed by atoms with van der Waals surface area (Å²) in [5, 5.41) is 0.169. The molecule has 1 atom stereocenters. The number of ether oxygens (including phenoxy) is 1. The fraction of sp³-hybridized carbons (Fsp3) is 0.600. The van der Waals surface area contributed by atoms with Gasteiger partial charge >= 0.3 is 6.11 Å². The first-order valence-corrected chi connectivity index (χ1v) is 3.94. The van der Waals surface area contributed by atoms with Crippen molar-refractivity contribution >= 4 is 27.5 Å². The Labute approximate surface area is 75.0 Å². The van der Waals surface area contributed by atoms with Gasteiger partial charge in [0.1, 0.15) is 6.11 Å². The highest BCUT2D eigenvalue weighted by atomic mass is 79.9. The van der Waals surface area contributed by atoms with E-state index in [0.29, 0.717) is 0 Å². The van der Waals surface area contributed by atoms with Gasteiger partial charge in [0, 0.05) is 0 Å². The van der Waals surface area contributed by atoms with Crippen molar-refractivity contribution in [1.82, 2.24) is 0 Å². The Morgan fingerprint density at radius 2 is 2.18 bits per heavy atom. The van der Waals surface area contributed by atoms with Gasteiger partial charge in [-0.05, 0) is 5.92 Å². The number of hydrogen-bond acceptors (Lipinski definition) is 1. The largest absolute Gasteiger partial charge is 0.452 e. The van der Waals surface area contributed by atoms with Crippen LogP contribution in [0.4, 0.5) is 13.2 Å². The van der Waals surface area contributed by atoms with E-state index in [2.05, 4.69) is 38.2 Å². The maximum Gasteiger partial charge on any atom is 0.452 e. The van der Waals surface area contributed by atoms with E-state index in [0.717, 1.165) is 0 Å². The Hall–Kier alpha value is -0.0800. The Bertz CT molecular complexity index is 174. The predicted molar refractivity (Wildman–Crippen MR) is 38.4 cm³/mol. The third-order valence-corrected chi connectivity index (χ3v) is 1.11. The van der Waals surface area contributed by atoms with E-state index >= 15 is 0 Å². The molecule has 0 aliphatic carbocycles. The van der Waals surface area contributed by atoms with Gasteiger partial charge in [-0.2, -0.15) is 8.78 Å². The zero-order valence-corrected chi connectivity index (χ0v) is 7.42. The van der Waals surface area contributed by atoms with Crippen LogP contribution in [-0.2, 0) is 4.74 Å². The molecular weight excluding hydrogens is 248 g/mol. The molecule has 0 aromatic heterocycles. The number of alkyl halides is 5. The first kappa shape index (κ1) is 10.9. The smallest absolute Gasteiger partial charge is 0.376 e. The van der Waals surface area contributed by atoms with Gasteiger partial charge in [0.05, 0.1) is 5.33 Å². The first-order valence-electron chi connectivity index (χ1n) is 2.38. The lowest BCUT2D eigenvalue weighted by Gasteiger charge is -2.11. The van der Waals surface area contributed by atoms with Crippen LogP contribution >= 0.6 is 27.5 Å². The van der Waals surface area contributed by atoms with Crippen molar-refractivity contribution in [3.05, 3.63) is 0 Å². The van der Waals surface area contributed by atoms with Crippen LogP contribution in [0.25, 0.3) is 0 Å². The van der Waals surface area contributed by atoms with Gasteiger partial charge in [0.15, 0.2) is 0 Å². The van der Waals surface area contributed by atoms with Gasteiger partial charge in [-0.1, -0.05) is 27.5 Å². The summed E-state index contributed by atoms with van der Waals surface area (Å²) in [5.74, 6) is 2.10. The SMILES string of the molecule is FC(Cl)C(F)(F)OC#CCBr. The summed E-state index contributed by atoms with van der Waals surface area (Å²) in [6.45, 7) is 0. The molecule has 0 saturated carbocycles. The third kappa shape index (κ3) is 4.38. The summed E-state index contributed by atoms with van der Waals surface area (Å²) in [6.07, 6.45) is -2.46. The maximum atomic E-state index is 12.0. The molecule has 0 amide bonds. The van der Waals surface area contributed by atoms with Crippen molar-refractivity contribution in [3.8, 4) is 12.0 Å². The van der Waals surface area contributed by atoms with Crippen molar-refractivity contribution in [2.75, 3.05) is 5.33 Å². The van der Waals surface area contributed by atoms with Crippen LogP contribution in [0, 0.1) is 12.0 Å². The fourth-order valence-corrected chi connectivity index (χ4v) is 0.335. The van der Waals surface area contributed by atoms with Crippen LogP contribution in [-0.4, -0.2) is 17.1 Å². The zero-order valence-electron chi connectivity index (χ0n) is 5.08. The molecule has 0 saturated heterocycles. The summed E-state index contributed by atoms with van der Waals surface area (Å²) in [5.41, 5.74) is -2.88. The zero-order chi connectivity index (χ0) is 8.91. The molecule has 6 heteroatoms. The predicted octanol–water partition coefficient (Wildman–Crippen LogP) is 2.49. The first-order chi connectivity index (χ1) is 5.00. The number of hydrogen-bond donors (Lipinski definition) is 0. The van der Waals surface area contributed by atoms with Crippen LogP contribution in [0.3, 0.4) is 0 Å². The van der Waals surface area contributed by atoms with Gasteiger partial charge in [-0.3, -0.25) is 0 Å². The summed E-state index contributed by atoms with van der Waals surface area (Å²) >= 11 is 7.26. The highest BCUT2D eigenvalue weighted by molar-refractivity contribution is 9.09. The van der Waals surface area contributed by atoms with E-state index in [1.807, 2.05) is 0 Å². The standard InChI is InChI=1S/C5H3BrClF3O/c6-2-1-3-11-5(9,10)4(7)8/h4H,2H2. The van der Waals surface area contributed by atoms with E-state index in [9.17, 15) is 13.2 Å². The molecular formula is C5H3BrClF3O. The lowest BCUT2D eigenvalue weighted by atomic mass is 10.7. The second-order valence-corrected chi connectivity index (χ2v) is 2.32. The minimum Gasteiger partial charge on any atom is -0.376 e. The molecule has 0 aliphatic rings. The average molecular weight is 251 g/mol. The van der Waals surface area contributed by atoms with Gasteiger partial charge in [-0.25, -0.2) is 4.39 Å². The molecule has 64 valence electrons. The van der Waals surface area contributed by atoms with Gasteiger partial charge < -0.3 is 4.74 Å². The topological polar surface area (TPSA) is 9.23 Å². The molecule has 1 nitrogen and oxygen atoms in total. The van der Waals surface area contributed by atoms with Crippen molar-refractivity contribution in [3.63, 3.8) is 0 Å². The Morgan fingerprint density at radius 1 is 1.64 bits per heavy atom. The molecule has 0 heterocycles. The quantitative estimate of drug-likeness (QED) is 0.541. The highest BCUT2D eigenvalue weighted by Crippen LogP contribution is 2.25. The van der Waals surface area contributed by atoms with E-state index in [1.165, 1.54) is 0 Å². The van der Waals surface area contributed by atoms with E-state index in [-0.39, 0.29) is 5.33 Å². The Morgan fingerprint density at radius 3 is 2.55 bits per heavy atom. The highest BCUT2D eigenvalue weighted by Gasteiger charge is 2.41. The normalized spacial score (nSPS) is 13.2. The van der Waals surface area contributed by atoms with Crippen molar-refractivity contribution in [2.45, 2.75) is 11.7 Å². The summed E-state index contributed by atoms with van der Waals surface area (Å²) < 4.78 is 39.3. The van der Waals surface area contributed by atoms with E-state index < -0.39 is 11.7 Å². The van der Waals surface area contributed by atoms with E-state index in [1.54, 1.807) is 6.11 Å². The van der Waals surface area contributed by atoms with Crippen LogP contribution in [0.1, 0.15) is 0 Å². The lowest BCUT2D eigenvalue weighted by Crippen LogP contribution is -2.27. The Kier molecular flexibility index (Phi) is 4.69. The van der Waals surface area contributed by atoms with E-state index in [4.69, 9.17) is 0 Å².